The highest BCUT2D eigenvalue weighted by Gasteiger charge is 2.43. The molecule has 0 spiro atoms. The summed E-state index contributed by atoms with van der Waals surface area (Å²) in [5, 5.41) is 2.39. The molecule has 0 fully saturated rings. The first kappa shape index (κ1) is 17.6. The number of furan rings is 1. The van der Waals surface area contributed by atoms with Gasteiger partial charge in [-0.25, -0.2) is 0 Å². The van der Waals surface area contributed by atoms with Crippen LogP contribution in [0.4, 0.5) is 0 Å². The molecule has 5 aliphatic rings. The van der Waals surface area contributed by atoms with Crippen molar-refractivity contribution in [1.29, 1.82) is 0 Å². The fraction of sp³-hybridized carbons (Fsp3) is 0.129. The highest BCUT2D eigenvalue weighted by atomic mass is 16.3. The minimum absolute atomic E-state index is 0.127. The molecular formula is C31H21NO. The summed E-state index contributed by atoms with van der Waals surface area (Å²) < 4.78 is 6.42. The summed E-state index contributed by atoms with van der Waals surface area (Å²) in [6.45, 7) is 0. The normalized spacial score (nSPS) is 28.5. The van der Waals surface area contributed by atoms with Crippen LogP contribution >= 0.6 is 0 Å². The summed E-state index contributed by atoms with van der Waals surface area (Å²) in [4.78, 5) is 4.83. The van der Waals surface area contributed by atoms with Crippen molar-refractivity contribution in [2.24, 2.45) is 16.8 Å². The number of hydrogen-bond donors (Lipinski definition) is 0. The van der Waals surface area contributed by atoms with Crippen molar-refractivity contribution in [1.82, 2.24) is 0 Å². The first-order valence-electron chi connectivity index (χ1n) is 11.7. The average molecular weight is 424 g/mol. The zero-order valence-electron chi connectivity index (χ0n) is 18.0. The van der Waals surface area contributed by atoms with Crippen LogP contribution in [0.15, 0.2) is 134 Å². The highest BCUT2D eigenvalue weighted by molar-refractivity contribution is 6.06. The van der Waals surface area contributed by atoms with E-state index in [1.54, 1.807) is 0 Å². The average Bonchev–Trinajstić information content (AvgIpc) is 3.26. The van der Waals surface area contributed by atoms with Crippen molar-refractivity contribution in [2.45, 2.75) is 12.0 Å². The Balaban J connectivity index is 1.31. The third-order valence-electron chi connectivity index (χ3n) is 7.88. The Morgan fingerprint density at radius 3 is 2.76 bits per heavy atom. The number of dihydropyridines is 1. The lowest BCUT2D eigenvalue weighted by Gasteiger charge is -2.44. The molecule has 33 heavy (non-hydrogen) atoms. The summed E-state index contributed by atoms with van der Waals surface area (Å²) in [6.07, 6.45) is 22.6. The fourth-order valence-electron chi connectivity index (χ4n) is 6.47. The molecule has 0 saturated carbocycles. The molecule has 2 heterocycles. The van der Waals surface area contributed by atoms with Crippen molar-refractivity contribution >= 4 is 28.2 Å². The number of rotatable bonds is 1. The van der Waals surface area contributed by atoms with Crippen molar-refractivity contribution in [3.63, 3.8) is 0 Å². The summed E-state index contributed by atoms with van der Waals surface area (Å²) in [7, 11) is 0. The van der Waals surface area contributed by atoms with Gasteiger partial charge in [0.15, 0.2) is 0 Å². The van der Waals surface area contributed by atoms with E-state index in [1.165, 1.54) is 44.2 Å². The van der Waals surface area contributed by atoms with Crippen LogP contribution in [0.5, 0.6) is 0 Å². The third-order valence-corrected chi connectivity index (χ3v) is 7.88. The molecular weight excluding hydrogens is 402 g/mol. The molecule has 0 N–H and O–H groups in total. The van der Waals surface area contributed by atoms with Crippen molar-refractivity contribution in [2.75, 3.05) is 0 Å². The van der Waals surface area contributed by atoms with Gasteiger partial charge >= 0.3 is 0 Å². The topological polar surface area (TPSA) is 25.5 Å². The maximum absolute atomic E-state index is 6.42. The lowest BCUT2D eigenvalue weighted by Crippen LogP contribution is -2.34. The number of para-hydroxylation sites is 2. The molecule has 4 aliphatic carbocycles. The van der Waals surface area contributed by atoms with Crippen LogP contribution in [0.2, 0.25) is 0 Å². The molecule has 8 rings (SSSR count). The van der Waals surface area contributed by atoms with E-state index in [0.717, 1.165) is 11.2 Å². The molecule has 2 nitrogen and oxygen atoms in total. The van der Waals surface area contributed by atoms with Gasteiger partial charge in [0, 0.05) is 34.4 Å². The van der Waals surface area contributed by atoms with E-state index in [0.29, 0.717) is 11.8 Å². The molecule has 0 bridgehead atoms. The van der Waals surface area contributed by atoms with Gasteiger partial charge in [-0.1, -0.05) is 78.9 Å². The number of allylic oxidation sites excluding steroid dienone is 10. The Morgan fingerprint density at radius 2 is 1.76 bits per heavy atom. The zero-order chi connectivity index (χ0) is 21.5. The summed E-state index contributed by atoms with van der Waals surface area (Å²) in [5.41, 5.74) is 10.1. The van der Waals surface area contributed by atoms with E-state index < -0.39 is 0 Å². The monoisotopic (exact) mass is 423 g/mol. The second-order valence-electron chi connectivity index (χ2n) is 9.48. The molecule has 4 unspecified atom stereocenters. The van der Waals surface area contributed by atoms with Crippen LogP contribution in [0.25, 0.3) is 21.9 Å². The van der Waals surface area contributed by atoms with Gasteiger partial charge in [0.05, 0.1) is 0 Å². The molecule has 2 aromatic carbocycles. The molecule has 0 saturated heterocycles. The molecule has 3 aromatic rings. The van der Waals surface area contributed by atoms with E-state index in [4.69, 9.17) is 9.41 Å². The zero-order valence-corrected chi connectivity index (χ0v) is 18.0. The van der Waals surface area contributed by atoms with Gasteiger partial charge in [-0.3, -0.25) is 4.99 Å². The second kappa shape index (κ2) is 6.32. The number of benzene rings is 2. The van der Waals surface area contributed by atoms with Gasteiger partial charge in [0.25, 0.3) is 0 Å². The molecule has 2 heteroatoms. The van der Waals surface area contributed by atoms with E-state index >= 15 is 0 Å². The van der Waals surface area contributed by atoms with Gasteiger partial charge in [-0.05, 0) is 52.0 Å². The maximum atomic E-state index is 6.42. The molecule has 4 atom stereocenters. The minimum Gasteiger partial charge on any atom is -0.456 e. The van der Waals surface area contributed by atoms with Crippen LogP contribution in [-0.2, 0) is 0 Å². The van der Waals surface area contributed by atoms with Crippen LogP contribution < -0.4 is 0 Å². The van der Waals surface area contributed by atoms with Gasteiger partial charge < -0.3 is 4.42 Å². The molecule has 1 aliphatic heterocycles. The molecule has 1 aromatic heterocycles. The predicted octanol–water partition coefficient (Wildman–Crippen LogP) is 7.15. The highest BCUT2D eigenvalue weighted by Crippen LogP contribution is 2.54. The van der Waals surface area contributed by atoms with Crippen molar-refractivity contribution in [3.8, 4) is 0 Å². The second-order valence-corrected chi connectivity index (χ2v) is 9.48. The summed E-state index contributed by atoms with van der Waals surface area (Å²) >= 11 is 0. The molecule has 0 amide bonds. The van der Waals surface area contributed by atoms with Crippen molar-refractivity contribution < 1.29 is 4.42 Å². The van der Waals surface area contributed by atoms with E-state index in [1.807, 2.05) is 18.4 Å². The molecule has 0 radical (unpaired) electrons. The Bertz CT molecular complexity index is 1630. The van der Waals surface area contributed by atoms with E-state index in [2.05, 4.69) is 85.0 Å². The Labute approximate surface area is 192 Å². The Morgan fingerprint density at radius 1 is 0.818 bits per heavy atom. The Kier molecular flexibility index (Phi) is 3.38. The number of fused-ring (bicyclic) bond motifs is 5. The van der Waals surface area contributed by atoms with Gasteiger partial charge in [-0.15, -0.1) is 0 Å². The number of nitrogens with zero attached hydrogens (tertiary/aromatic N) is 1. The largest absolute Gasteiger partial charge is 0.456 e. The van der Waals surface area contributed by atoms with Gasteiger partial charge in [0.2, 0.25) is 0 Å². The smallest absolute Gasteiger partial charge is 0.139 e. The summed E-state index contributed by atoms with van der Waals surface area (Å²) in [5.74, 6) is 0.986. The minimum atomic E-state index is 0.127. The first-order chi connectivity index (χ1) is 16.4. The van der Waals surface area contributed by atoms with Crippen molar-refractivity contribution in [3.05, 3.63) is 131 Å². The van der Waals surface area contributed by atoms with E-state index in [-0.39, 0.29) is 12.0 Å². The third kappa shape index (κ3) is 2.30. The van der Waals surface area contributed by atoms with Crippen LogP contribution in [0, 0.1) is 11.8 Å². The Hall–Kier alpha value is -3.91. The van der Waals surface area contributed by atoms with Crippen LogP contribution in [0.1, 0.15) is 11.5 Å². The van der Waals surface area contributed by atoms with Gasteiger partial charge in [-0.2, -0.15) is 0 Å². The van der Waals surface area contributed by atoms with E-state index in [9.17, 15) is 0 Å². The quantitative estimate of drug-likeness (QED) is 0.408. The number of aliphatic imine (C=N–C) groups is 1. The SMILES string of the molecule is C1=CC2=CC3=C4C(=CC=C5C=CC(c6cccc7c6oc6ccccc67)C(C=C3)C54)C2N=C1. The predicted molar refractivity (Wildman–Crippen MR) is 134 cm³/mol. The maximum Gasteiger partial charge on any atom is 0.139 e. The fourth-order valence-corrected chi connectivity index (χ4v) is 6.47. The first-order valence-corrected chi connectivity index (χ1v) is 11.7. The summed E-state index contributed by atoms with van der Waals surface area (Å²) in [6, 6.07) is 15.1. The number of hydrogen-bond acceptors (Lipinski definition) is 2. The molecule has 156 valence electrons. The lowest BCUT2D eigenvalue weighted by atomic mass is 9.60. The van der Waals surface area contributed by atoms with Crippen LogP contribution in [0.3, 0.4) is 0 Å². The lowest BCUT2D eigenvalue weighted by molar-refractivity contribution is 0.448. The standard InChI is InChI=1S/C31H21NO/c1-2-9-27-22(6-1)25-8-3-7-24(31(25)33-27)21-13-10-18-11-15-26-29-19(12-14-23(21)28(18)29)17-20-5-4-16-32-30(20)26/h1-17,21,23,28,30H. The van der Waals surface area contributed by atoms with Crippen LogP contribution in [-0.4, -0.2) is 12.3 Å². The van der Waals surface area contributed by atoms with Gasteiger partial charge in [0.1, 0.15) is 17.2 Å².